The minimum atomic E-state index is -0.565. The molecule has 0 saturated carbocycles. The largest absolute Gasteiger partial charge is 0.354 e. The number of amides is 3. The topological polar surface area (TPSA) is 78.5 Å². The Morgan fingerprint density at radius 1 is 1.30 bits per heavy atom. The Balaban J connectivity index is 1.93. The molecule has 1 aromatic carbocycles. The fourth-order valence-corrected chi connectivity index (χ4v) is 3.34. The van der Waals surface area contributed by atoms with Gasteiger partial charge in [-0.05, 0) is 44.4 Å². The van der Waals surface area contributed by atoms with Crippen molar-refractivity contribution in [2.75, 3.05) is 13.1 Å². The number of nitrogens with zero attached hydrogens (tertiary/aromatic N) is 1. The van der Waals surface area contributed by atoms with Crippen LogP contribution in [-0.2, 0) is 9.59 Å². The maximum absolute atomic E-state index is 12.8. The number of nitrogens with one attached hydrogen (secondary N) is 2. The van der Waals surface area contributed by atoms with Crippen LogP contribution < -0.4 is 10.6 Å². The molecule has 8 heteroatoms. The predicted molar refractivity (Wildman–Crippen MR) is 106 cm³/mol. The molecule has 3 amide bonds. The molecule has 0 radical (unpaired) electrons. The van der Waals surface area contributed by atoms with Gasteiger partial charge in [0.25, 0.3) is 5.91 Å². The van der Waals surface area contributed by atoms with E-state index in [4.69, 9.17) is 23.2 Å². The van der Waals surface area contributed by atoms with Crippen molar-refractivity contribution in [1.29, 1.82) is 0 Å². The highest BCUT2D eigenvalue weighted by Crippen LogP contribution is 2.26. The Labute approximate surface area is 169 Å². The molecule has 27 heavy (non-hydrogen) atoms. The van der Waals surface area contributed by atoms with Crippen molar-refractivity contribution in [1.82, 2.24) is 15.5 Å². The monoisotopic (exact) mass is 413 g/mol. The lowest BCUT2D eigenvalue weighted by molar-refractivity contribution is -0.125. The quantitative estimate of drug-likeness (QED) is 0.720. The molecule has 6 nitrogen and oxygen atoms in total. The van der Waals surface area contributed by atoms with E-state index in [1.165, 1.54) is 11.0 Å². The number of carbonyl (C=O) groups excluding carboxylic acids is 3. The van der Waals surface area contributed by atoms with Crippen LogP contribution in [0.15, 0.2) is 18.2 Å². The van der Waals surface area contributed by atoms with Crippen molar-refractivity contribution in [3.8, 4) is 0 Å². The second-order valence-electron chi connectivity index (χ2n) is 6.70. The highest BCUT2D eigenvalue weighted by Gasteiger charge is 2.35. The molecule has 0 aliphatic carbocycles. The zero-order chi connectivity index (χ0) is 20.0. The van der Waals surface area contributed by atoms with Crippen LogP contribution in [0.25, 0.3) is 0 Å². The van der Waals surface area contributed by atoms with Crippen molar-refractivity contribution in [3.63, 3.8) is 0 Å². The summed E-state index contributed by atoms with van der Waals surface area (Å²) in [5.74, 6) is -0.667. The van der Waals surface area contributed by atoms with Gasteiger partial charge in [0.2, 0.25) is 11.8 Å². The van der Waals surface area contributed by atoms with E-state index in [0.29, 0.717) is 23.0 Å². The first-order valence-electron chi connectivity index (χ1n) is 9.16. The van der Waals surface area contributed by atoms with E-state index in [9.17, 15) is 14.4 Å². The first-order valence-corrected chi connectivity index (χ1v) is 9.92. The normalized spacial score (nSPS) is 17.5. The molecule has 148 valence electrons. The molecule has 2 atom stereocenters. The van der Waals surface area contributed by atoms with Crippen molar-refractivity contribution < 1.29 is 14.4 Å². The molecule has 0 aromatic heterocycles. The number of rotatable bonds is 7. The van der Waals surface area contributed by atoms with Gasteiger partial charge in [0.1, 0.15) is 6.04 Å². The van der Waals surface area contributed by atoms with E-state index in [0.717, 1.165) is 12.8 Å². The second kappa shape index (κ2) is 9.95. The number of halogens is 2. The summed E-state index contributed by atoms with van der Waals surface area (Å²) in [6.07, 6.45) is 2.37. The minimum absolute atomic E-state index is 0.102. The summed E-state index contributed by atoms with van der Waals surface area (Å²) >= 11 is 12.1. The second-order valence-corrected chi connectivity index (χ2v) is 7.54. The van der Waals surface area contributed by atoms with Crippen LogP contribution in [0.2, 0.25) is 10.0 Å². The van der Waals surface area contributed by atoms with E-state index in [1.54, 1.807) is 12.1 Å². The van der Waals surface area contributed by atoms with Gasteiger partial charge in [0.05, 0.1) is 10.6 Å². The first kappa shape index (κ1) is 21.5. The molecule has 1 heterocycles. The van der Waals surface area contributed by atoms with E-state index < -0.39 is 6.04 Å². The Morgan fingerprint density at radius 2 is 2.04 bits per heavy atom. The third-order valence-corrected chi connectivity index (χ3v) is 5.21. The fraction of sp³-hybridized carbons (Fsp3) is 0.526. The van der Waals surface area contributed by atoms with E-state index in [2.05, 4.69) is 10.6 Å². The van der Waals surface area contributed by atoms with Crippen molar-refractivity contribution in [2.45, 2.75) is 51.6 Å². The summed E-state index contributed by atoms with van der Waals surface area (Å²) in [4.78, 5) is 38.6. The zero-order valence-electron chi connectivity index (χ0n) is 15.6. The van der Waals surface area contributed by atoms with Crippen molar-refractivity contribution in [2.24, 2.45) is 0 Å². The van der Waals surface area contributed by atoms with E-state index in [1.807, 2.05) is 13.8 Å². The average Bonchev–Trinajstić information content (AvgIpc) is 3.12. The van der Waals surface area contributed by atoms with Gasteiger partial charge in [-0.15, -0.1) is 0 Å². The van der Waals surface area contributed by atoms with Crippen LogP contribution in [0, 0.1) is 0 Å². The molecule has 2 rings (SSSR count). The third kappa shape index (κ3) is 5.84. The number of hydrogen-bond acceptors (Lipinski definition) is 3. The van der Waals surface area contributed by atoms with Gasteiger partial charge in [-0.25, -0.2) is 0 Å². The van der Waals surface area contributed by atoms with Gasteiger partial charge in [0, 0.05) is 30.6 Å². The van der Waals surface area contributed by atoms with Gasteiger partial charge in [-0.2, -0.15) is 0 Å². The summed E-state index contributed by atoms with van der Waals surface area (Å²) in [6, 6.07) is 4.24. The molecule has 0 spiro atoms. The van der Waals surface area contributed by atoms with Crippen LogP contribution >= 0.6 is 23.2 Å². The number of likely N-dealkylation sites (tertiary alicyclic amines) is 1. The smallest absolute Gasteiger partial charge is 0.256 e. The maximum Gasteiger partial charge on any atom is 0.256 e. The van der Waals surface area contributed by atoms with Crippen LogP contribution in [0.1, 0.15) is 49.9 Å². The van der Waals surface area contributed by atoms with E-state index in [-0.39, 0.29) is 42.3 Å². The fourth-order valence-electron chi connectivity index (χ4n) is 2.96. The van der Waals surface area contributed by atoms with Crippen LogP contribution in [0.4, 0.5) is 0 Å². The standard InChI is InChI=1S/C19H25Cl2N3O3/c1-3-12(2)23-17(25)8-9-22-18(26)16-5-4-10-24(16)19(27)14-11-13(20)6-7-15(14)21/h6-7,11-12,16H,3-5,8-10H2,1-2H3,(H,22,26)(H,23,25). The molecular formula is C19H25Cl2N3O3. The molecule has 1 fully saturated rings. The number of carbonyl (C=O) groups is 3. The molecule has 0 bridgehead atoms. The Morgan fingerprint density at radius 3 is 2.74 bits per heavy atom. The maximum atomic E-state index is 12.8. The number of hydrogen-bond donors (Lipinski definition) is 2. The summed E-state index contributed by atoms with van der Waals surface area (Å²) in [7, 11) is 0. The van der Waals surface area contributed by atoms with E-state index >= 15 is 0 Å². The SMILES string of the molecule is CCC(C)NC(=O)CCNC(=O)C1CCCN1C(=O)c1cc(Cl)ccc1Cl. The lowest BCUT2D eigenvalue weighted by Crippen LogP contribution is -2.46. The van der Waals surface area contributed by atoms with Gasteiger partial charge in [0.15, 0.2) is 0 Å². The molecule has 2 unspecified atom stereocenters. The van der Waals surface area contributed by atoms with Gasteiger partial charge in [-0.1, -0.05) is 30.1 Å². The Hall–Kier alpha value is -1.79. The van der Waals surface area contributed by atoms with Crippen molar-refractivity contribution in [3.05, 3.63) is 33.8 Å². The summed E-state index contributed by atoms with van der Waals surface area (Å²) in [6.45, 7) is 4.63. The molecule has 1 saturated heterocycles. The molecule has 1 aliphatic heterocycles. The zero-order valence-corrected chi connectivity index (χ0v) is 17.1. The van der Waals surface area contributed by atoms with Crippen molar-refractivity contribution >= 4 is 40.9 Å². The lowest BCUT2D eigenvalue weighted by Gasteiger charge is -2.24. The highest BCUT2D eigenvalue weighted by molar-refractivity contribution is 6.35. The van der Waals surface area contributed by atoms with Crippen LogP contribution in [0.5, 0.6) is 0 Å². The highest BCUT2D eigenvalue weighted by atomic mass is 35.5. The summed E-state index contributed by atoms with van der Waals surface area (Å²) in [5.41, 5.74) is 0.289. The van der Waals surface area contributed by atoms with Gasteiger partial charge >= 0.3 is 0 Å². The third-order valence-electron chi connectivity index (χ3n) is 4.65. The Kier molecular flexibility index (Phi) is 7.92. The number of benzene rings is 1. The Bertz CT molecular complexity index is 711. The van der Waals surface area contributed by atoms with Gasteiger partial charge in [-0.3, -0.25) is 14.4 Å². The van der Waals surface area contributed by atoms with Crippen LogP contribution in [-0.4, -0.2) is 47.8 Å². The molecule has 1 aromatic rings. The van der Waals surface area contributed by atoms with Gasteiger partial charge < -0.3 is 15.5 Å². The molecule has 2 N–H and O–H groups in total. The predicted octanol–water partition coefficient (Wildman–Crippen LogP) is 3.02. The molecule has 1 aliphatic rings. The lowest BCUT2D eigenvalue weighted by atomic mass is 10.1. The average molecular weight is 414 g/mol. The first-order chi connectivity index (χ1) is 12.8. The molecular weight excluding hydrogens is 389 g/mol. The minimum Gasteiger partial charge on any atom is -0.354 e. The van der Waals surface area contributed by atoms with Crippen LogP contribution in [0.3, 0.4) is 0 Å². The summed E-state index contributed by atoms with van der Waals surface area (Å²) in [5, 5.41) is 6.32. The summed E-state index contributed by atoms with van der Waals surface area (Å²) < 4.78 is 0.